The van der Waals surface area contributed by atoms with Crippen molar-refractivity contribution < 1.29 is 4.79 Å². The van der Waals surface area contributed by atoms with Crippen LogP contribution in [0.3, 0.4) is 0 Å². The van der Waals surface area contributed by atoms with Crippen molar-refractivity contribution >= 4 is 6.03 Å². The Bertz CT molecular complexity index is 223. The Hall–Kier alpha value is -0.770. The zero-order chi connectivity index (χ0) is 10.1. The van der Waals surface area contributed by atoms with Crippen LogP contribution in [0, 0.1) is 5.92 Å². The Labute approximate surface area is 85.0 Å². The summed E-state index contributed by atoms with van der Waals surface area (Å²) >= 11 is 0. The number of carbonyl (C=O) groups excluding carboxylic acids is 1. The molecule has 0 bridgehead atoms. The lowest BCUT2D eigenvalue weighted by Crippen LogP contribution is -2.39. The maximum Gasteiger partial charge on any atom is 0.318 e. The molecule has 2 fully saturated rings. The molecule has 2 heterocycles. The van der Waals surface area contributed by atoms with Crippen LogP contribution in [0.15, 0.2) is 0 Å². The molecule has 0 aromatic carbocycles. The molecule has 2 saturated heterocycles. The smallest absolute Gasteiger partial charge is 0.318 e. The summed E-state index contributed by atoms with van der Waals surface area (Å²) in [4.78, 5) is 13.7. The first-order valence-corrected chi connectivity index (χ1v) is 5.46. The van der Waals surface area contributed by atoms with Gasteiger partial charge in [-0.15, -0.1) is 0 Å². The average Bonchev–Trinajstić information content (AvgIpc) is 2.71. The minimum atomic E-state index is 0.123. The maximum atomic E-state index is 11.7. The number of nitrogens with one attached hydrogen (secondary N) is 2. The summed E-state index contributed by atoms with van der Waals surface area (Å²) in [5.41, 5.74) is 0. The van der Waals surface area contributed by atoms with Crippen molar-refractivity contribution in [1.82, 2.24) is 15.5 Å². The molecule has 4 heteroatoms. The van der Waals surface area contributed by atoms with Gasteiger partial charge in [0.15, 0.2) is 0 Å². The van der Waals surface area contributed by atoms with Gasteiger partial charge in [-0.1, -0.05) is 13.8 Å². The van der Waals surface area contributed by atoms with Crippen LogP contribution in [0.25, 0.3) is 0 Å². The van der Waals surface area contributed by atoms with E-state index in [1.165, 1.54) is 0 Å². The summed E-state index contributed by atoms with van der Waals surface area (Å²) < 4.78 is 0. The first kappa shape index (κ1) is 9.77. The molecule has 4 nitrogen and oxygen atoms in total. The predicted octanol–water partition coefficient (Wildman–Crippen LogP) is 0.398. The highest BCUT2D eigenvalue weighted by atomic mass is 16.2. The largest absolute Gasteiger partial charge is 0.333 e. The van der Waals surface area contributed by atoms with Crippen LogP contribution in [0.2, 0.25) is 0 Å². The number of nitrogens with zero attached hydrogens (tertiary/aromatic N) is 1. The zero-order valence-corrected chi connectivity index (χ0v) is 8.92. The van der Waals surface area contributed by atoms with Crippen LogP contribution in [0.5, 0.6) is 0 Å². The van der Waals surface area contributed by atoms with Gasteiger partial charge in [0.05, 0.1) is 6.04 Å². The van der Waals surface area contributed by atoms with Gasteiger partial charge in [-0.3, -0.25) is 0 Å². The van der Waals surface area contributed by atoms with E-state index in [0.717, 1.165) is 26.1 Å². The van der Waals surface area contributed by atoms with E-state index >= 15 is 0 Å². The highest BCUT2D eigenvalue weighted by molar-refractivity contribution is 5.77. The molecule has 2 atom stereocenters. The van der Waals surface area contributed by atoms with Crippen molar-refractivity contribution in [2.75, 3.05) is 19.6 Å². The molecule has 2 aliphatic heterocycles. The second kappa shape index (κ2) is 3.77. The molecule has 0 aliphatic carbocycles. The second-order valence-corrected chi connectivity index (χ2v) is 4.60. The summed E-state index contributed by atoms with van der Waals surface area (Å²) in [7, 11) is 0. The van der Waals surface area contributed by atoms with E-state index in [2.05, 4.69) is 24.5 Å². The molecule has 0 aromatic rings. The van der Waals surface area contributed by atoms with Crippen LogP contribution < -0.4 is 10.6 Å². The number of rotatable bonds is 2. The third kappa shape index (κ3) is 1.71. The van der Waals surface area contributed by atoms with Crippen LogP contribution in [0.1, 0.15) is 20.3 Å². The maximum absolute atomic E-state index is 11.7. The molecule has 80 valence electrons. The van der Waals surface area contributed by atoms with Crippen LogP contribution in [-0.4, -0.2) is 42.6 Å². The molecular weight excluding hydrogens is 178 g/mol. The van der Waals surface area contributed by atoms with E-state index in [0.29, 0.717) is 18.0 Å². The number of carbonyl (C=O) groups is 1. The fraction of sp³-hybridized carbons (Fsp3) is 0.900. The van der Waals surface area contributed by atoms with E-state index in [-0.39, 0.29) is 6.03 Å². The molecule has 2 aliphatic rings. The molecule has 0 radical (unpaired) electrons. The highest BCUT2D eigenvalue weighted by Gasteiger charge is 2.35. The van der Waals surface area contributed by atoms with Gasteiger partial charge < -0.3 is 15.5 Å². The molecule has 14 heavy (non-hydrogen) atoms. The van der Waals surface area contributed by atoms with E-state index in [9.17, 15) is 4.79 Å². The van der Waals surface area contributed by atoms with Gasteiger partial charge in [-0.2, -0.15) is 0 Å². The van der Waals surface area contributed by atoms with Crippen LogP contribution >= 0.6 is 0 Å². The molecule has 0 aromatic heterocycles. The third-order valence-corrected chi connectivity index (χ3v) is 3.24. The number of urea groups is 1. The van der Waals surface area contributed by atoms with Gasteiger partial charge >= 0.3 is 6.03 Å². The van der Waals surface area contributed by atoms with E-state index in [1.807, 2.05) is 4.90 Å². The lowest BCUT2D eigenvalue weighted by Gasteiger charge is -2.22. The fourth-order valence-corrected chi connectivity index (χ4v) is 2.18. The molecule has 0 spiro atoms. The average molecular weight is 197 g/mol. The highest BCUT2D eigenvalue weighted by Crippen LogP contribution is 2.17. The predicted molar refractivity (Wildman–Crippen MR) is 55.1 cm³/mol. The van der Waals surface area contributed by atoms with Gasteiger partial charge in [-0.25, -0.2) is 4.79 Å². The Morgan fingerprint density at radius 2 is 2.29 bits per heavy atom. The summed E-state index contributed by atoms with van der Waals surface area (Å²) in [6.07, 6.45) is 1.10. The lowest BCUT2D eigenvalue weighted by atomic mass is 10.1. The minimum Gasteiger partial charge on any atom is -0.333 e. The first-order valence-electron chi connectivity index (χ1n) is 5.46. The van der Waals surface area contributed by atoms with E-state index in [4.69, 9.17) is 0 Å². The lowest BCUT2D eigenvalue weighted by molar-refractivity contribution is 0.201. The van der Waals surface area contributed by atoms with Gasteiger partial charge in [0, 0.05) is 19.1 Å². The third-order valence-electron chi connectivity index (χ3n) is 3.24. The van der Waals surface area contributed by atoms with Gasteiger partial charge in [-0.05, 0) is 18.9 Å². The van der Waals surface area contributed by atoms with E-state index in [1.54, 1.807) is 0 Å². The van der Waals surface area contributed by atoms with Gasteiger partial charge in [0.1, 0.15) is 0 Å². The van der Waals surface area contributed by atoms with E-state index < -0.39 is 0 Å². The molecule has 2 rings (SSSR count). The Morgan fingerprint density at radius 3 is 2.79 bits per heavy atom. The van der Waals surface area contributed by atoms with Crippen molar-refractivity contribution in [2.24, 2.45) is 5.92 Å². The summed E-state index contributed by atoms with van der Waals surface area (Å²) in [5, 5.41) is 6.33. The standard InChI is InChI=1S/C10H19N3O/c1-7(2)9-6-13(10(14)12-9)8-3-4-11-5-8/h7-9,11H,3-6H2,1-2H3,(H,12,14). The van der Waals surface area contributed by atoms with Crippen molar-refractivity contribution in [1.29, 1.82) is 0 Å². The Balaban J connectivity index is 1.96. The number of hydrogen-bond donors (Lipinski definition) is 2. The van der Waals surface area contributed by atoms with Gasteiger partial charge in [0.25, 0.3) is 0 Å². The molecule has 2 N–H and O–H groups in total. The van der Waals surface area contributed by atoms with Crippen LogP contribution in [0.4, 0.5) is 4.79 Å². The first-order chi connectivity index (χ1) is 6.68. The minimum absolute atomic E-state index is 0.123. The van der Waals surface area contributed by atoms with Gasteiger partial charge in [0.2, 0.25) is 0 Å². The van der Waals surface area contributed by atoms with Crippen LogP contribution in [-0.2, 0) is 0 Å². The Morgan fingerprint density at radius 1 is 1.50 bits per heavy atom. The summed E-state index contributed by atoms with van der Waals surface area (Å²) in [6.45, 7) is 7.19. The normalized spacial score (nSPS) is 32.8. The monoisotopic (exact) mass is 197 g/mol. The number of amides is 2. The van der Waals surface area contributed by atoms with Crippen molar-refractivity contribution in [3.63, 3.8) is 0 Å². The van der Waals surface area contributed by atoms with Crippen molar-refractivity contribution in [2.45, 2.75) is 32.4 Å². The summed E-state index contributed by atoms with van der Waals surface area (Å²) in [5.74, 6) is 0.526. The SMILES string of the molecule is CC(C)C1CN(C2CCNC2)C(=O)N1. The molecular formula is C10H19N3O. The molecule has 2 amide bonds. The zero-order valence-electron chi connectivity index (χ0n) is 8.92. The number of hydrogen-bond acceptors (Lipinski definition) is 2. The van der Waals surface area contributed by atoms with Crippen molar-refractivity contribution in [3.8, 4) is 0 Å². The molecule has 0 saturated carbocycles. The van der Waals surface area contributed by atoms with Crippen molar-refractivity contribution in [3.05, 3.63) is 0 Å². The quantitative estimate of drug-likeness (QED) is 0.673. The fourth-order valence-electron chi connectivity index (χ4n) is 2.18. The molecule has 2 unspecified atom stereocenters. The Kier molecular flexibility index (Phi) is 2.63. The second-order valence-electron chi connectivity index (χ2n) is 4.60. The summed E-state index contributed by atoms with van der Waals surface area (Å²) in [6, 6.07) is 0.874. The topological polar surface area (TPSA) is 44.4 Å².